The molecule has 0 aliphatic carbocycles. The van der Waals surface area contributed by atoms with Gasteiger partial charge in [0.15, 0.2) is 5.78 Å². The predicted octanol–water partition coefficient (Wildman–Crippen LogP) is 1.21. The van der Waals surface area contributed by atoms with E-state index in [2.05, 4.69) is 4.74 Å². The molecule has 0 saturated heterocycles. The third-order valence-electron chi connectivity index (χ3n) is 2.36. The van der Waals surface area contributed by atoms with Gasteiger partial charge >= 0.3 is 11.9 Å². The maximum absolute atomic E-state index is 11.4. The number of Topliss-reactive ketones (excluding diaryl/α,β-unsaturated/α-hetero) is 1. The first kappa shape index (κ1) is 10.4. The van der Waals surface area contributed by atoms with E-state index in [-0.39, 0.29) is 28.2 Å². The van der Waals surface area contributed by atoms with E-state index in [1.54, 1.807) is 0 Å². The van der Waals surface area contributed by atoms with Crippen molar-refractivity contribution in [1.29, 1.82) is 0 Å². The Morgan fingerprint density at radius 3 is 2.38 bits per heavy atom. The number of benzene rings is 1. The van der Waals surface area contributed by atoms with Crippen LogP contribution in [-0.4, -0.2) is 24.8 Å². The second-order valence-electron chi connectivity index (χ2n) is 3.30. The number of cyclic esters (lactones) is 2. The molecule has 0 atom stereocenters. The SMILES string of the molecule is COc1ccc(C(C)=O)c2c1C(=O)OC2=O. The average Bonchev–Trinajstić information content (AvgIpc) is 2.54. The van der Waals surface area contributed by atoms with Gasteiger partial charge in [-0.15, -0.1) is 0 Å². The van der Waals surface area contributed by atoms with Crippen LogP contribution in [0.4, 0.5) is 0 Å². The van der Waals surface area contributed by atoms with Crippen molar-refractivity contribution in [1.82, 2.24) is 0 Å². The molecule has 0 saturated carbocycles. The molecule has 1 aliphatic rings. The Labute approximate surface area is 91.0 Å². The van der Waals surface area contributed by atoms with E-state index in [4.69, 9.17) is 4.74 Å². The molecule has 5 heteroatoms. The zero-order valence-electron chi connectivity index (χ0n) is 8.70. The van der Waals surface area contributed by atoms with Crippen LogP contribution in [-0.2, 0) is 4.74 Å². The molecule has 0 spiro atoms. The molecule has 0 aromatic heterocycles. The van der Waals surface area contributed by atoms with Crippen LogP contribution >= 0.6 is 0 Å². The highest BCUT2D eigenvalue weighted by atomic mass is 16.6. The number of ketones is 1. The topological polar surface area (TPSA) is 69.7 Å². The second-order valence-corrected chi connectivity index (χ2v) is 3.30. The van der Waals surface area contributed by atoms with Crippen LogP contribution in [0.1, 0.15) is 38.0 Å². The highest BCUT2D eigenvalue weighted by Gasteiger charge is 2.36. The van der Waals surface area contributed by atoms with Crippen LogP contribution in [0.5, 0.6) is 5.75 Å². The lowest BCUT2D eigenvalue weighted by Gasteiger charge is -2.05. The van der Waals surface area contributed by atoms with E-state index < -0.39 is 11.9 Å². The molecule has 0 N–H and O–H groups in total. The summed E-state index contributed by atoms with van der Waals surface area (Å²) in [5.74, 6) is -1.65. The Bertz CT molecular complexity index is 515. The normalized spacial score (nSPS) is 13.4. The quantitative estimate of drug-likeness (QED) is 0.425. The third kappa shape index (κ3) is 1.29. The van der Waals surface area contributed by atoms with Gasteiger partial charge in [0.05, 0.1) is 12.7 Å². The van der Waals surface area contributed by atoms with Crippen LogP contribution in [0, 0.1) is 0 Å². The van der Waals surface area contributed by atoms with Gasteiger partial charge in [-0.25, -0.2) is 9.59 Å². The van der Waals surface area contributed by atoms with Crippen molar-refractivity contribution in [3.63, 3.8) is 0 Å². The van der Waals surface area contributed by atoms with Crippen LogP contribution in [0.25, 0.3) is 0 Å². The van der Waals surface area contributed by atoms with E-state index in [9.17, 15) is 14.4 Å². The molecule has 1 aromatic carbocycles. The third-order valence-corrected chi connectivity index (χ3v) is 2.36. The maximum atomic E-state index is 11.4. The lowest BCUT2D eigenvalue weighted by molar-refractivity contribution is 0.0441. The fraction of sp³-hybridized carbons (Fsp3) is 0.182. The lowest BCUT2D eigenvalue weighted by atomic mass is 9.99. The summed E-state index contributed by atoms with van der Waals surface area (Å²) in [5, 5.41) is 0. The zero-order chi connectivity index (χ0) is 11.9. The van der Waals surface area contributed by atoms with Crippen molar-refractivity contribution in [2.45, 2.75) is 6.92 Å². The summed E-state index contributed by atoms with van der Waals surface area (Å²) in [5.41, 5.74) is 0.198. The highest BCUT2D eigenvalue weighted by molar-refractivity contribution is 6.20. The van der Waals surface area contributed by atoms with Gasteiger partial charge in [0.2, 0.25) is 0 Å². The first-order valence-electron chi connectivity index (χ1n) is 4.54. The molecule has 0 unspecified atom stereocenters. The number of ether oxygens (including phenoxy) is 2. The smallest absolute Gasteiger partial charge is 0.350 e. The molecule has 82 valence electrons. The summed E-state index contributed by atoms with van der Waals surface area (Å²) in [6.45, 7) is 1.32. The van der Waals surface area contributed by atoms with Gasteiger partial charge < -0.3 is 9.47 Å². The van der Waals surface area contributed by atoms with Crippen molar-refractivity contribution in [2.75, 3.05) is 7.11 Å². The molecule has 1 aromatic rings. The number of esters is 2. The molecule has 0 amide bonds. The number of hydrogen-bond acceptors (Lipinski definition) is 5. The van der Waals surface area contributed by atoms with E-state index >= 15 is 0 Å². The number of methoxy groups -OCH3 is 1. The number of carbonyl (C=O) groups is 3. The Morgan fingerprint density at radius 1 is 1.19 bits per heavy atom. The van der Waals surface area contributed by atoms with Gasteiger partial charge in [-0.3, -0.25) is 4.79 Å². The average molecular weight is 220 g/mol. The van der Waals surface area contributed by atoms with Crippen LogP contribution < -0.4 is 4.74 Å². The highest BCUT2D eigenvalue weighted by Crippen LogP contribution is 2.31. The Balaban J connectivity index is 2.78. The zero-order valence-corrected chi connectivity index (χ0v) is 8.70. The number of fused-ring (bicyclic) bond motifs is 1. The minimum Gasteiger partial charge on any atom is -0.496 e. The summed E-state index contributed by atoms with van der Waals surface area (Å²) in [6.07, 6.45) is 0. The van der Waals surface area contributed by atoms with Gasteiger partial charge in [-0.05, 0) is 19.1 Å². The van der Waals surface area contributed by atoms with Crippen LogP contribution in [0.3, 0.4) is 0 Å². The molecule has 5 nitrogen and oxygen atoms in total. The lowest BCUT2D eigenvalue weighted by Crippen LogP contribution is -2.05. The Kier molecular flexibility index (Phi) is 2.23. The van der Waals surface area contributed by atoms with Crippen molar-refractivity contribution in [2.24, 2.45) is 0 Å². The largest absolute Gasteiger partial charge is 0.496 e. The molecule has 0 bridgehead atoms. The van der Waals surface area contributed by atoms with Gasteiger partial charge in [-0.1, -0.05) is 0 Å². The predicted molar refractivity (Wildman–Crippen MR) is 52.7 cm³/mol. The fourth-order valence-electron chi connectivity index (χ4n) is 1.65. The summed E-state index contributed by atoms with van der Waals surface area (Å²) in [4.78, 5) is 34.1. The second kappa shape index (κ2) is 3.44. The van der Waals surface area contributed by atoms with Gasteiger partial charge in [0.1, 0.15) is 11.3 Å². The first-order valence-corrected chi connectivity index (χ1v) is 4.54. The summed E-state index contributed by atoms with van der Waals surface area (Å²) >= 11 is 0. The maximum Gasteiger partial charge on any atom is 0.350 e. The van der Waals surface area contributed by atoms with E-state index in [0.29, 0.717) is 0 Å². The van der Waals surface area contributed by atoms with E-state index in [1.807, 2.05) is 0 Å². The Morgan fingerprint density at radius 2 is 1.81 bits per heavy atom. The minimum absolute atomic E-state index is 0.00292. The fourth-order valence-corrected chi connectivity index (χ4v) is 1.65. The summed E-state index contributed by atoms with van der Waals surface area (Å²) < 4.78 is 9.40. The summed E-state index contributed by atoms with van der Waals surface area (Å²) in [7, 11) is 1.37. The van der Waals surface area contributed by atoms with E-state index in [0.717, 1.165) is 0 Å². The van der Waals surface area contributed by atoms with Gasteiger partial charge in [-0.2, -0.15) is 0 Å². The molecule has 1 heterocycles. The van der Waals surface area contributed by atoms with Crippen molar-refractivity contribution >= 4 is 17.7 Å². The molecule has 16 heavy (non-hydrogen) atoms. The Hall–Kier alpha value is -2.17. The van der Waals surface area contributed by atoms with Crippen molar-refractivity contribution < 1.29 is 23.9 Å². The molecule has 2 rings (SSSR count). The number of hydrogen-bond donors (Lipinski definition) is 0. The van der Waals surface area contributed by atoms with Crippen molar-refractivity contribution in [3.8, 4) is 5.75 Å². The summed E-state index contributed by atoms with van der Waals surface area (Å²) in [6, 6.07) is 2.91. The first-order chi connectivity index (χ1) is 7.56. The molecule has 0 fully saturated rings. The molecule has 0 radical (unpaired) electrons. The monoisotopic (exact) mass is 220 g/mol. The molecular formula is C11H8O5. The minimum atomic E-state index is -0.802. The molecule has 1 aliphatic heterocycles. The number of rotatable bonds is 2. The van der Waals surface area contributed by atoms with Crippen molar-refractivity contribution in [3.05, 3.63) is 28.8 Å². The molecular weight excluding hydrogens is 212 g/mol. The number of carbonyl (C=O) groups excluding carboxylic acids is 3. The van der Waals surface area contributed by atoms with Crippen LogP contribution in [0.15, 0.2) is 12.1 Å². The van der Waals surface area contributed by atoms with Crippen LogP contribution in [0.2, 0.25) is 0 Å². The van der Waals surface area contributed by atoms with Gasteiger partial charge in [0, 0.05) is 5.56 Å². The van der Waals surface area contributed by atoms with Gasteiger partial charge in [0.25, 0.3) is 0 Å². The van der Waals surface area contributed by atoms with E-state index in [1.165, 1.54) is 26.2 Å². The standard InChI is InChI=1S/C11H8O5/c1-5(12)6-3-4-7(15-2)9-8(6)10(13)16-11(9)14/h3-4H,1-2H3.